The van der Waals surface area contributed by atoms with Crippen molar-refractivity contribution in [1.29, 1.82) is 0 Å². The number of para-hydroxylation sites is 1. The maximum Gasteiger partial charge on any atom is 0.228 e. The van der Waals surface area contributed by atoms with Crippen molar-refractivity contribution in [2.75, 3.05) is 10.6 Å². The second kappa shape index (κ2) is 6.89. The number of hydrogen-bond acceptors (Lipinski definition) is 2. The van der Waals surface area contributed by atoms with Gasteiger partial charge in [0, 0.05) is 18.3 Å². The van der Waals surface area contributed by atoms with Gasteiger partial charge in [-0.1, -0.05) is 30.3 Å². The number of nitrogens with one attached hydrogen (secondary N) is 2. The number of carbonyl (C=O) groups is 2. The summed E-state index contributed by atoms with van der Waals surface area (Å²) in [5.41, 5.74) is 4.61. The van der Waals surface area contributed by atoms with Crippen LogP contribution in [0.3, 0.4) is 0 Å². The first-order valence-corrected chi connectivity index (χ1v) is 7.18. The van der Waals surface area contributed by atoms with Crippen LogP contribution in [0.2, 0.25) is 0 Å². The molecule has 0 fully saturated rings. The molecule has 0 saturated heterocycles. The van der Waals surface area contributed by atoms with Gasteiger partial charge in [-0.05, 0) is 42.7 Å². The number of aryl methyl sites for hydroxylation is 2. The molecule has 0 bridgehead atoms. The van der Waals surface area contributed by atoms with Gasteiger partial charge in [0.05, 0.1) is 6.42 Å². The summed E-state index contributed by atoms with van der Waals surface area (Å²) in [5, 5.41) is 5.67. The largest absolute Gasteiger partial charge is 0.326 e. The summed E-state index contributed by atoms with van der Waals surface area (Å²) in [6.07, 6.45) is 0.300. The Kier molecular flexibility index (Phi) is 4.94. The Morgan fingerprint density at radius 2 is 1.50 bits per heavy atom. The molecule has 4 nitrogen and oxygen atoms in total. The van der Waals surface area contributed by atoms with Gasteiger partial charge in [-0.15, -0.1) is 0 Å². The molecule has 114 valence electrons. The van der Waals surface area contributed by atoms with Crippen LogP contribution in [0.5, 0.6) is 0 Å². The lowest BCUT2D eigenvalue weighted by atomic mass is 10.1. The molecule has 22 heavy (non-hydrogen) atoms. The molecule has 0 radical (unpaired) electrons. The van der Waals surface area contributed by atoms with Crippen LogP contribution in [0.1, 0.15) is 23.6 Å². The normalized spacial score (nSPS) is 10.1. The van der Waals surface area contributed by atoms with E-state index in [4.69, 9.17) is 0 Å². The average molecular weight is 296 g/mol. The standard InChI is InChI=1S/C18H20N2O2/c1-12-5-4-6-13(2)18(12)20-17(22)11-15-7-9-16(10-8-15)19-14(3)21/h4-10H,11H2,1-3H3,(H,19,21)(H,20,22). The molecule has 0 atom stereocenters. The van der Waals surface area contributed by atoms with Crippen LogP contribution in [0.4, 0.5) is 11.4 Å². The van der Waals surface area contributed by atoms with Crippen molar-refractivity contribution in [3.63, 3.8) is 0 Å². The zero-order chi connectivity index (χ0) is 16.1. The highest BCUT2D eigenvalue weighted by Gasteiger charge is 2.08. The second-order valence-corrected chi connectivity index (χ2v) is 5.37. The molecule has 0 aliphatic rings. The van der Waals surface area contributed by atoms with E-state index in [2.05, 4.69) is 10.6 Å². The van der Waals surface area contributed by atoms with Crippen LogP contribution in [-0.2, 0) is 16.0 Å². The lowest BCUT2D eigenvalue weighted by molar-refractivity contribution is -0.116. The molecule has 0 aromatic heterocycles. The molecule has 2 aromatic rings. The Hall–Kier alpha value is -2.62. The average Bonchev–Trinajstić information content (AvgIpc) is 2.45. The number of rotatable bonds is 4. The highest BCUT2D eigenvalue weighted by atomic mass is 16.2. The summed E-state index contributed by atoms with van der Waals surface area (Å²) in [6, 6.07) is 13.2. The third kappa shape index (κ3) is 4.19. The summed E-state index contributed by atoms with van der Waals surface area (Å²) in [5.74, 6) is -0.162. The van der Waals surface area contributed by atoms with Crippen molar-refractivity contribution in [3.8, 4) is 0 Å². The van der Waals surface area contributed by atoms with Crippen molar-refractivity contribution < 1.29 is 9.59 Å². The van der Waals surface area contributed by atoms with Gasteiger partial charge in [-0.3, -0.25) is 9.59 Å². The van der Waals surface area contributed by atoms with Gasteiger partial charge < -0.3 is 10.6 Å². The maximum atomic E-state index is 12.2. The Morgan fingerprint density at radius 3 is 2.05 bits per heavy atom. The van der Waals surface area contributed by atoms with Crippen LogP contribution < -0.4 is 10.6 Å². The van der Waals surface area contributed by atoms with E-state index in [1.165, 1.54) is 6.92 Å². The molecule has 2 rings (SSSR count). The van der Waals surface area contributed by atoms with E-state index in [1.54, 1.807) is 12.1 Å². The van der Waals surface area contributed by atoms with Crippen molar-refractivity contribution in [2.24, 2.45) is 0 Å². The molecule has 0 heterocycles. The van der Waals surface area contributed by atoms with Crippen LogP contribution in [0.15, 0.2) is 42.5 Å². The Bertz CT molecular complexity index is 670. The molecule has 0 saturated carbocycles. The summed E-state index contributed by atoms with van der Waals surface area (Å²) < 4.78 is 0. The van der Waals surface area contributed by atoms with Gasteiger partial charge in [-0.25, -0.2) is 0 Å². The van der Waals surface area contributed by atoms with Crippen LogP contribution in [-0.4, -0.2) is 11.8 Å². The minimum absolute atomic E-state index is 0.0512. The fraction of sp³-hybridized carbons (Fsp3) is 0.222. The molecule has 2 N–H and O–H groups in total. The van der Waals surface area contributed by atoms with Gasteiger partial charge in [0.25, 0.3) is 0 Å². The van der Waals surface area contributed by atoms with Crippen molar-refractivity contribution in [2.45, 2.75) is 27.2 Å². The molecule has 2 amide bonds. The Morgan fingerprint density at radius 1 is 0.909 bits per heavy atom. The first kappa shape index (κ1) is 15.8. The second-order valence-electron chi connectivity index (χ2n) is 5.37. The third-order valence-corrected chi connectivity index (χ3v) is 3.38. The molecule has 0 unspecified atom stereocenters. The number of amides is 2. The molecule has 4 heteroatoms. The van der Waals surface area contributed by atoms with Crippen LogP contribution in [0.25, 0.3) is 0 Å². The van der Waals surface area contributed by atoms with Gasteiger partial charge in [0.15, 0.2) is 0 Å². The van der Waals surface area contributed by atoms with E-state index < -0.39 is 0 Å². The fourth-order valence-corrected chi connectivity index (χ4v) is 2.29. The van der Waals surface area contributed by atoms with E-state index >= 15 is 0 Å². The number of carbonyl (C=O) groups excluding carboxylic acids is 2. The topological polar surface area (TPSA) is 58.2 Å². The first-order valence-electron chi connectivity index (χ1n) is 7.18. The van der Waals surface area contributed by atoms with Crippen LogP contribution in [0, 0.1) is 13.8 Å². The molecule has 2 aromatic carbocycles. The smallest absolute Gasteiger partial charge is 0.228 e. The summed E-state index contributed by atoms with van der Waals surface area (Å²) in [7, 11) is 0. The predicted molar refractivity (Wildman–Crippen MR) is 89.0 cm³/mol. The summed E-state index contributed by atoms with van der Waals surface area (Å²) in [4.78, 5) is 23.1. The summed E-state index contributed by atoms with van der Waals surface area (Å²) >= 11 is 0. The predicted octanol–water partition coefficient (Wildman–Crippen LogP) is 3.44. The lowest BCUT2D eigenvalue weighted by Gasteiger charge is -2.11. The molecule has 0 aliphatic heterocycles. The van der Waals surface area contributed by atoms with Gasteiger partial charge >= 0.3 is 0 Å². The minimum atomic E-state index is -0.111. The molecule has 0 aliphatic carbocycles. The van der Waals surface area contributed by atoms with E-state index in [1.807, 2.05) is 44.2 Å². The Labute approximate surface area is 130 Å². The highest BCUT2D eigenvalue weighted by Crippen LogP contribution is 2.20. The zero-order valence-electron chi connectivity index (χ0n) is 13.1. The number of benzene rings is 2. The van der Waals surface area contributed by atoms with Gasteiger partial charge in [0.1, 0.15) is 0 Å². The van der Waals surface area contributed by atoms with E-state index in [0.29, 0.717) is 6.42 Å². The molecular formula is C18H20N2O2. The van der Waals surface area contributed by atoms with E-state index in [9.17, 15) is 9.59 Å². The lowest BCUT2D eigenvalue weighted by Crippen LogP contribution is -2.16. The van der Waals surface area contributed by atoms with E-state index in [0.717, 1.165) is 28.1 Å². The van der Waals surface area contributed by atoms with Crippen LogP contribution >= 0.6 is 0 Å². The van der Waals surface area contributed by atoms with Crippen molar-refractivity contribution in [1.82, 2.24) is 0 Å². The zero-order valence-corrected chi connectivity index (χ0v) is 13.1. The fourth-order valence-electron chi connectivity index (χ4n) is 2.29. The summed E-state index contributed by atoms with van der Waals surface area (Å²) in [6.45, 7) is 5.42. The SMILES string of the molecule is CC(=O)Nc1ccc(CC(=O)Nc2c(C)cccc2C)cc1. The molecule has 0 spiro atoms. The minimum Gasteiger partial charge on any atom is -0.326 e. The van der Waals surface area contributed by atoms with Gasteiger partial charge in [-0.2, -0.15) is 0 Å². The number of hydrogen-bond donors (Lipinski definition) is 2. The number of anilines is 2. The van der Waals surface area contributed by atoms with E-state index in [-0.39, 0.29) is 11.8 Å². The monoisotopic (exact) mass is 296 g/mol. The maximum absolute atomic E-state index is 12.2. The Balaban J connectivity index is 2.01. The first-order chi connectivity index (χ1) is 10.5. The quantitative estimate of drug-likeness (QED) is 0.908. The van der Waals surface area contributed by atoms with Crippen molar-refractivity contribution >= 4 is 23.2 Å². The third-order valence-electron chi connectivity index (χ3n) is 3.38. The van der Waals surface area contributed by atoms with Gasteiger partial charge in [0.2, 0.25) is 11.8 Å². The molecular weight excluding hydrogens is 276 g/mol. The highest BCUT2D eigenvalue weighted by molar-refractivity contribution is 5.94. The van der Waals surface area contributed by atoms with Crippen molar-refractivity contribution in [3.05, 3.63) is 59.2 Å².